The summed E-state index contributed by atoms with van der Waals surface area (Å²) in [6.45, 7) is 3.25. The van der Waals surface area contributed by atoms with Gasteiger partial charge in [0.2, 0.25) is 10.0 Å². The third kappa shape index (κ3) is 3.66. The predicted octanol–water partition coefficient (Wildman–Crippen LogP) is 0.171. The highest BCUT2D eigenvalue weighted by molar-refractivity contribution is 7.89. The van der Waals surface area contributed by atoms with Crippen LogP contribution in [0.4, 0.5) is 5.69 Å². The van der Waals surface area contributed by atoms with Crippen LogP contribution in [0.1, 0.15) is 11.1 Å². The van der Waals surface area contributed by atoms with Gasteiger partial charge in [-0.15, -0.1) is 0 Å². The zero-order valence-electron chi connectivity index (χ0n) is 11.3. The number of anilines is 1. The van der Waals surface area contributed by atoms with Gasteiger partial charge in [-0.2, -0.15) is 0 Å². The van der Waals surface area contributed by atoms with Crippen molar-refractivity contribution in [3.63, 3.8) is 0 Å². The van der Waals surface area contributed by atoms with Crippen molar-refractivity contribution in [3.05, 3.63) is 23.3 Å². The van der Waals surface area contributed by atoms with Crippen LogP contribution in [0.5, 0.6) is 0 Å². The molecule has 0 aliphatic carbocycles. The Morgan fingerprint density at radius 3 is 2.58 bits per heavy atom. The summed E-state index contributed by atoms with van der Waals surface area (Å²) >= 11 is 0. The first-order chi connectivity index (χ1) is 8.83. The number of nitrogens with two attached hydrogens (primary N) is 1. The highest BCUT2D eigenvalue weighted by Crippen LogP contribution is 2.25. The molecule has 4 N–H and O–H groups in total. The summed E-state index contributed by atoms with van der Waals surface area (Å²) in [5, 5.41) is 9.12. The first-order valence-corrected chi connectivity index (χ1v) is 7.29. The summed E-state index contributed by atoms with van der Waals surface area (Å²) in [7, 11) is -2.36. The van der Waals surface area contributed by atoms with E-state index in [1.807, 2.05) is 6.92 Å². The third-order valence-corrected chi connectivity index (χ3v) is 4.61. The Balaban J connectivity index is 3.17. The van der Waals surface area contributed by atoms with E-state index in [0.717, 1.165) is 5.56 Å². The van der Waals surface area contributed by atoms with E-state index in [1.54, 1.807) is 19.1 Å². The van der Waals surface area contributed by atoms with Gasteiger partial charge in [-0.05, 0) is 31.0 Å². The zero-order chi connectivity index (χ0) is 14.6. The highest BCUT2D eigenvalue weighted by Gasteiger charge is 2.24. The normalized spacial score (nSPS) is 13.5. The van der Waals surface area contributed by atoms with Crippen LogP contribution in [0.2, 0.25) is 0 Å². The molecule has 0 amide bonds. The monoisotopic (exact) mass is 288 g/mol. The summed E-state index contributed by atoms with van der Waals surface area (Å²) in [4.78, 5) is 0.0575. The van der Waals surface area contributed by atoms with Crippen LogP contribution in [-0.4, -0.2) is 39.9 Å². The van der Waals surface area contributed by atoms with Crippen LogP contribution >= 0.6 is 0 Å². The van der Waals surface area contributed by atoms with Crippen LogP contribution in [0, 0.1) is 13.8 Å². The van der Waals surface area contributed by atoms with Gasteiger partial charge in [-0.1, -0.05) is 6.07 Å². The summed E-state index contributed by atoms with van der Waals surface area (Å²) in [5.74, 6) is 0. The minimum absolute atomic E-state index is 0.0575. The number of nitrogen functional groups attached to an aromatic ring is 1. The Labute approximate surface area is 113 Å². The van der Waals surface area contributed by atoms with Gasteiger partial charge in [-0.3, -0.25) is 0 Å². The number of hydrogen-bond acceptors (Lipinski definition) is 5. The van der Waals surface area contributed by atoms with Crippen molar-refractivity contribution in [1.29, 1.82) is 0 Å². The Morgan fingerprint density at radius 1 is 1.42 bits per heavy atom. The summed E-state index contributed by atoms with van der Waals surface area (Å²) in [5.41, 5.74) is 7.37. The molecule has 1 aromatic rings. The zero-order valence-corrected chi connectivity index (χ0v) is 12.1. The first kappa shape index (κ1) is 15.9. The summed E-state index contributed by atoms with van der Waals surface area (Å²) < 4.78 is 31.9. The minimum Gasteiger partial charge on any atom is -0.398 e. The molecular weight excluding hydrogens is 268 g/mol. The summed E-state index contributed by atoms with van der Waals surface area (Å²) in [6.07, 6.45) is 0. The molecule has 0 fully saturated rings. The van der Waals surface area contributed by atoms with Crippen molar-refractivity contribution in [3.8, 4) is 0 Å². The molecule has 1 aromatic carbocycles. The van der Waals surface area contributed by atoms with Crippen LogP contribution in [0.3, 0.4) is 0 Å². The lowest BCUT2D eigenvalue weighted by molar-refractivity contribution is 0.139. The van der Waals surface area contributed by atoms with Crippen molar-refractivity contribution in [2.75, 3.05) is 26.1 Å². The molecule has 108 valence electrons. The fourth-order valence-electron chi connectivity index (χ4n) is 1.77. The van der Waals surface area contributed by atoms with Crippen LogP contribution in [0.25, 0.3) is 0 Å². The second-order valence-corrected chi connectivity index (χ2v) is 6.03. The third-order valence-electron chi connectivity index (χ3n) is 2.89. The topological polar surface area (TPSA) is 102 Å². The number of aliphatic hydroxyl groups excluding tert-OH is 1. The number of methoxy groups -OCH3 is 1. The molecule has 0 saturated carbocycles. The van der Waals surface area contributed by atoms with E-state index in [9.17, 15) is 8.42 Å². The standard InChI is InChI=1S/C12H20N2O4S/c1-8-4-5-11(13)12(9(8)2)19(16,17)14-10(6-15)7-18-3/h4-5,10,14-15H,6-7,13H2,1-3H3. The van der Waals surface area contributed by atoms with Gasteiger partial charge in [0.25, 0.3) is 0 Å². The number of hydrogen-bond donors (Lipinski definition) is 3. The van der Waals surface area contributed by atoms with Crippen molar-refractivity contribution in [2.24, 2.45) is 0 Å². The minimum atomic E-state index is -3.79. The molecule has 7 heteroatoms. The quantitative estimate of drug-likeness (QED) is 0.648. The smallest absolute Gasteiger partial charge is 0.243 e. The van der Waals surface area contributed by atoms with Gasteiger partial charge >= 0.3 is 0 Å². The molecule has 0 spiro atoms. The van der Waals surface area contributed by atoms with E-state index < -0.39 is 16.1 Å². The van der Waals surface area contributed by atoms with E-state index in [2.05, 4.69) is 4.72 Å². The maximum Gasteiger partial charge on any atom is 0.243 e. The van der Waals surface area contributed by atoms with Gasteiger partial charge in [0.1, 0.15) is 4.90 Å². The van der Waals surface area contributed by atoms with Gasteiger partial charge in [-0.25, -0.2) is 13.1 Å². The van der Waals surface area contributed by atoms with Crippen molar-refractivity contribution >= 4 is 15.7 Å². The fourth-order valence-corrected chi connectivity index (χ4v) is 3.41. The predicted molar refractivity (Wildman–Crippen MR) is 73.4 cm³/mol. The highest BCUT2D eigenvalue weighted by atomic mass is 32.2. The van der Waals surface area contributed by atoms with Gasteiger partial charge in [0.05, 0.1) is 24.9 Å². The van der Waals surface area contributed by atoms with Gasteiger partial charge in [0.15, 0.2) is 0 Å². The average Bonchev–Trinajstić information content (AvgIpc) is 2.33. The number of aryl methyl sites for hydroxylation is 1. The van der Waals surface area contributed by atoms with E-state index in [4.69, 9.17) is 15.6 Å². The molecule has 0 heterocycles. The lowest BCUT2D eigenvalue weighted by Crippen LogP contribution is -2.41. The van der Waals surface area contributed by atoms with E-state index in [1.165, 1.54) is 7.11 Å². The second kappa shape index (κ2) is 6.33. The molecule has 0 saturated heterocycles. The van der Waals surface area contributed by atoms with Gasteiger partial charge < -0.3 is 15.6 Å². The summed E-state index contributed by atoms with van der Waals surface area (Å²) in [6, 6.07) is 2.62. The molecule has 0 aromatic heterocycles. The molecule has 1 unspecified atom stereocenters. The lowest BCUT2D eigenvalue weighted by Gasteiger charge is -2.18. The Bertz CT molecular complexity index is 543. The second-order valence-electron chi connectivity index (χ2n) is 4.38. The average molecular weight is 288 g/mol. The number of nitrogens with one attached hydrogen (secondary N) is 1. The molecule has 19 heavy (non-hydrogen) atoms. The number of benzene rings is 1. The molecule has 0 aliphatic heterocycles. The number of sulfonamides is 1. The molecule has 1 atom stereocenters. The Hall–Kier alpha value is -1.15. The number of rotatable bonds is 6. The van der Waals surface area contributed by atoms with E-state index in [-0.39, 0.29) is 23.8 Å². The first-order valence-electron chi connectivity index (χ1n) is 5.81. The number of ether oxygens (including phenoxy) is 1. The van der Waals surface area contributed by atoms with Crippen molar-refractivity contribution < 1.29 is 18.3 Å². The van der Waals surface area contributed by atoms with E-state index in [0.29, 0.717) is 5.56 Å². The Kier molecular flexibility index (Phi) is 5.30. The van der Waals surface area contributed by atoms with Crippen molar-refractivity contribution in [1.82, 2.24) is 4.72 Å². The van der Waals surface area contributed by atoms with Crippen LogP contribution in [-0.2, 0) is 14.8 Å². The molecular formula is C12H20N2O4S. The maximum absolute atomic E-state index is 12.3. The SMILES string of the molecule is COCC(CO)NS(=O)(=O)c1c(N)ccc(C)c1C. The molecule has 0 aliphatic rings. The lowest BCUT2D eigenvalue weighted by atomic mass is 10.1. The number of aliphatic hydroxyl groups is 1. The van der Waals surface area contributed by atoms with Crippen LogP contribution in [0.15, 0.2) is 17.0 Å². The van der Waals surface area contributed by atoms with E-state index >= 15 is 0 Å². The molecule has 6 nitrogen and oxygen atoms in total. The largest absolute Gasteiger partial charge is 0.398 e. The molecule has 0 bridgehead atoms. The fraction of sp³-hybridized carbons (Fsp3) is 0.500. The van der Waals surface area contributed by atoms with Gasteiger partial charge in [0, 0.05) is 7.11 Å². The maximum atomic E-state index is 12.3. The Morgan fingerprint density at radius 2 is 2.05 bits per heavy atom. The molecule has 0 radical (unpaired) electrons. The van der Waals surface area contributed by atoms with Crippen LogP contribution < -0.4 is 10.5 Å². The molecule has 1 rings (SSSR count). The van der Waals surface area contributed by atoms with Crippen molar-refractivity contribution in [2.45, 2.75) is 24.8 Å².